The van der Waals surface area contributed by atoms with Gasteiger partial charge in [-0.15, -0.1) is 11.3 Å². The van der Waals surface area contributed by atoms with Crippen molar-refractivity contribution >= 4 is 17.2 Å². The Kier molecular flexibility index (Phi) is 5.79. The minimum absolute atomic E-state index is 0.114. The summed E-state index contributed by atoms with van der Waals surface area (Å²) in [7, 11) is 0. The molecular formula is C16H26N2O2S. The third-order valence-corrected chi connectivity index (χ3v) is 4.39. The normalized spacial score (nSPS) is 17.8. The molecule has 118 valence electrons. The van der Waals surface area contributed by atoms with E-state index >= 15 is 0 Å². The number of amides is 1. The fourth-order valence-corrected chi connectivity index (χ4v) is 3.12. The zero-order valence-corrected chi connectivity index (χ0v) is 14.1. The molecular weight excluding hydrogens is 284 g/mol. The first-order chi connectivity index (χ1) is 9.94. The number of thiophene rings is 1. The number of rotatable bonds is 4. The number of carbonyl (C=O) groups excluding carboxylic acids is 1. The summed E-state index contributed by atoms with van der Waals surface area (Å²) < 4.78 is 5.59. The van der Waals surface area contributed by atoms with Gasteiger partial charge in [0.25, 0.3) is 0 Å². The molecule has 21 heavy (non-hydrogen) atoms. The van der Waals surface area contributed by atoms with Crippen molar-refractivity contribution in [2.75, 3.05) is 32.8 Å². The molecule has 1 amide bonds. The Bertz CT molecular complexity index is 440. The van der Waals surface area contributed by atoms with Gasteiger partial charge in [0.05, 0.1) is 5.60 Å². The predicted molar refractivity (Wildman–Crippen MR) is 86.5 cm³/mol. The van der Waals surface area contributed by atoms with Crippen molar-refractivity contribution in [2.24, 2.45) is 0 Å². The minimum atomic E-state index is -0.257. The topological polar surface area (TPSA) is 32.8 Å². The van der Waals surface area contributed by atoms with Gasteiger partial charge in [0.2, 0.25) is 5.91 Å². The Morgan fingerprint density at radius 2 is 2.10 bits per heavy atom. The zero-order valence-electron chi connectivity index (χ0n) is 13.3. The van der Waals surface area contributed by atoms with E-state index < -0.39 is 0 Å². The summed E-state index contributed by atoms with van der Waals surface area (Å²) in [4.78, 5) is 18.0. The van der Waals surface area contributed by atoms with Crippen LogP contribution < -0.4 is 0 Å². The maximum Gasteiger partial charge on any atom is 0.248 e. The molecule has 1 aromatic rings. The molecule has 0 aliphatic carbocycles. The molecule has 0 aromatic carbocycles. The second kappa shape index (κ2) is 7.38. The Morgan fingerprint density at radius 1 is 1.29 bits per heavy atom. The van der Waals surface area contributed by atoms with Crippen LogP contribution in [-0.4, -0.2) is 54.1 Å². The number of carbonyl (C=O) groups is 1. The second-order valence-corrected chi connectivity index (χ2v) is 7.52. The molecule has 0 unspecified atom stereocenters. The predicted octanol–water partition coefficient (Wildman–Crippen LogP) is 2.60. The van der Waals surface area contributed by atoms with Gasteiger partial charge in [0.15, 0.2) is 0 Å². The van der Waals surface area contributed by atoms with Gasteiger partial charge in [-0.2, -0.15) is 0 Å². The molecule has 0 N–H and O–H groups in total. The van der Waals surface area contributed by atoms with Crippen LogP contribution in [0.4, 0.5) is 0 Å². The van der Waals surface area contributed by atoms with Gasteiger partial charge in [-0.25, -0.2) is 0 Å². The standard InChI is InChI=1S/C16H26N2O2S/c1-16(2,3)20-13-15(19)18-8-5-7-17(9-10-18)12-14-6-4-11-21-14/h4,6,11H,5,7-10,12-13H2,1-3H3. The summed E-state index contributed by atoms with van der Waals surface area (Å²) >= 11 is 1.80. The van der Waals surface area contributed by atoms with Gasteiger partial charge in [-0.05, 0) is 38.6 Å². The molecule has 1 fully saturated rings. The third kappa shape index (κ3) is 5.77. The van der Waals surface area contributed by atoms with Crippen LogP contribution in [-0.2, 0) is 16.1 Å². The van der Waals surface area contributed by atoms with Crippen molar-refractivity contribution in [3.63, 3.8) is 0 Å². The van der Waals surface area contributed by atoms with E-state index in [9.17, 15) is 4.79 Å². The largest absolute Gasteiger partial charge is 0.366 e. The smallest absolute Gasteiger partial charge is 0.248 e. The van der Waals surface area contributed by atoms with E-state index in [0.29, 0.717) is 0 Å². The summed E-state index contributed by atoms with van der Waals surface area (Å²) in [6.45, 7) is 10.8. The molecule has 0 saturated carbocycles. The molecule has 0 radical (unpaired) electrons. The van der Waals surface area contributed by atoms with Crippen molar-refractivity contribution in [3.05, 3.63) is 22.4 Å². The zero-order chi connectivity index (χ0) is 15.3. The molecule has 0 atom stereocenters. The first kappa shape index (κ1) is 16.5. The van der Waals surface area contributed by atoms with Gasteiger partial charge >= 0.3 is 0 Å². The highest BCUT2D eigenvalue weighted by Gasteiger charge is 2.21. The third-order valence-electron chi connectivity index (χ3n) is 3.53. The van der Waals surface area contributed by atoms with Crippen molar-refractivity contribution in [2.45, 2.75) is 39.3 Å². The first-order valence-electron chi connectivity index (χ1n) is 7.60. The van der Waals surface area contributed by atoms with Crippen LogP contribution in [0.5, 0.6) is 0 Å². The SMILES string of the molecule is CC(C)(C)OCC(=O)N1CCCN(Cc2cccs2)CC1. The van der Waals surface area contributed by atoms with Crippen LogP contribution in [0.15, 0.2) is 17.5 Å². The van der Waals surface area contributed by atoms with Crippen LogP contribution >= 0.6 is 11.3 Å². The minimum Gasteiger partial charge on any atom is -0.366 e. The van der Waals surface area contributed by atoms with Crippen LogP contribution in [0.25, 0.3) is 0 Å². The summed E-state index contributed by atoms with van der Waals surface area (Å²) in [5.74, 6) is 0.114. The first-order valence-corrected chi connectivity index (χ1v) is 8.48. The Labute approximate surface area is 131 Å². The van der Waals surface area contributed by atoms with Gasteiger partial charge in [-0.1, -0.05) is 6.07 Å². The molecule has 0 bridgehead atoms. The van der Waals surface area contributed by atoms with Crippen molar-refractivity contribution in [3.8, 4) is 0 Å². The van der Waals surface area contributed by atoms with E-state index in [1.165, 1.54) is 4.88 Å². The van der Waals surface area contributed by atoms with E-state index in [0.717, 1.165) is 39.1 Å². The molecule has 1 aliphatic rings. The highest BCUT2D eigenvalue weighted by molar-refractivity contribution is 7.09. The van der Waals surface area contributed by atoms with Crippen molar-refractivity contribution in [1.82, 2.24) is 9.80 Å². The monoisotopic (exact) mass is 310 g/mol. The highest BCUT2D eigenvalue weighted by Crippen LogP contribution is 2.14. The molecule has 0 spiro atoms. The average molecular weight is 310 g/mol. The van der Waals surface area contributed by atoms with Crippen molar-refractivity contribution < 1.29 is 9.53 Å². The molecule has 1 saturated heterocycles. The van der Waals surface area contributed by atoms with Crippen LogP contribution in [0.3, 0.4) is 0 Å². The lowest BCUT2D eigenvalue weighted by atomic mass is 10.2. The maximum atomic E-state index is 12.2. The number of hydrogen-bond donors (Lipinski definition) is 0. The van der Waals surface area contributed by atoms with Crippen LogP contribution in [0.1, 0.15) is 32.1 Å². The van der Waals surface area contributed by atoms with Gasteiger partial charge in [0, 0.05) is 37.6 Å². The summed E-state index contributed by atoms with van der Waals surface area (Å²) in [6.07, 6.45) is 1.03. The average Bonchev–Trinajstić information content (AvgIpc) is 2.80. The fourth-order valence-electron chi connectivity index (χ4n) is 2.37. The number of ether oxygens (including phenoxy) is 1. The van der Waals surface area contributed by atoms with E-state index in [1.807, 2.05) is 25.7 Å². The van der Waals surface area contributed by atoms with Gasteiger partial charge in [-0.3, -0.25) is 9.69 Å². The lowest BCUT2D eigenvalue weighted by Gasteiger charge is -2.24. The molecule has 5 heteroatoms. The van der Waals surface area contributed by atoms with E-state index in [4.69, 9.17) is 4.74 Å². The Balaban J connectivity index is 1.78. The fraction of sp³-hybridized carbons (Fsp3) is 0.688. The Hall–Kier alpha value is -0.910. The summed E-state index contributed by atoms with van der Waals surface area (Å²) in [6, 6.07) is 4.27. The van der Waals surface area contributed by atoms with Crippen LogP contribution in [0, 0.1) is 0 Å². The maximum absolute atomic E-state index is 12.2. The number of hydrogen-bond acceptors (Lipinski definition) is 4. The highest BCUT2D eigenvalue weighted by atomic mass is 32.1. The molecule has 2 heterocycles. The van der Waals surface area contributed by atoms with Crippen LogP contribution in [0.2, 0.25) is 0 Å². The summed E-state index contributed by atoms with van der Waals surface area (Å²) in [5.41, 5.74) is -0.257. The van der Waals surface area contributed by atoms with E-state index in [-0.39, 0.29) is 18.1 Å². The summed E-state index contributed by atoms with van der Waals surface area (Å²) in [5, 5.41) is 2.12. The Morgan fingerprint density at radius 3 is 2.76 bits per heavy atom. The van der Waals surface area contributed by atoms with Gasteiger partial charge in [0.1, 0.15) is 6.61 Å². The number of nitrogens with zero attached hydrogens (tertiary/aromatic N) is 2. The molecule has 1 aromatic heterocycles. The van der Waals surface area contributed by atoms with Gasteiger partial charge < -0.3 is 9.64 Å². The molecule has 2 rings (SSSR count). The quantitative estimate of drug-likeness (QED) is 0.857. The van der Waals surface area contributed by atoms with Crippen molar-refractivity contribution in [1.29, 1.82) is 0 Å². The second-order valence-electron chi connectivity index (χ2n) is 6.49. The van der Waals surface area contributed by atoms with E-state index in [1.54, 1.807) is 11.3 Å². The lowest BCUT2D eigenvalue weighted by molar-refractivity contribution is -0.140. The lowest BCUT2D eigenvalue weighted by Crippen LogP contribution is -2.38. The molecule has 1 aliphatic heterocycles. The van der Waals surface area contributed by atoms with E-state index in [2.05, 4.69) is 22.4 Å². The molecule has 4 nitrogen and oxygen atoms in total.